The van der Waals surface area contributed by atoms with Crippen LogP contribution in [-0.2, 0) is 23.9 Å². The number of nitrogens with one attached hydrogen (secondary N) is 1. The number of unbranched alkanes of at least 4 members (excludes halogenated alkanes) is 1. The molecule has 0 unspecified atom stereocenters. The minimum absolute atomic E-state index is 0.0261. The summed E-state index contributed by atoms with van der Waals surface area (Å²) in [5, 5.41) is 3.11. The van der Waals surface area contributed by atoms with Gasteiger partial charge < -0.3 is 25.4 Å². The molecule has 3 heterocycles. The molecule has 1 aromatic heterocycles. The first-order valence-corrected chi connectivity index (χ1v) is 15.3. The van der Waals surface area contributed by atoms with Crippen molar-refractivity contribution in [2.45, 2.75) is 45.3 Å². The summed E-state index contributed by atoms with van der Waals surface area (Å²) >= 11 is 7.11. The Morgan fingerprint density at radius 2 is 1.79 bits per heavy atom. The molecular formula is C29H36ClN5O7S. The quantitative estimate of drug-likeness (QED) is 0.320. The lowest BCUT2D eigenvalue weighted by Gasteiger charge is -2.27. The fourth-order valence-corrected chi connectivity index (χ4v) is 5.95. The molecule has 14 heteroatoms. The highest BCUT2D eigenvalue weighted by Crippen LogP contribution is 2.27. The van der Waals surface area contributed by atoms with Crippen LogP contribution in [0, 0.1) is 5.92 Å². The summed E-state index contributed by atoms with van der Waals surface area (Å²) in [4.78, 5) is 67.7. The number of anilines is 2. The molecule has 0 bridgehead atoms. The van der Waals surface area contributed by atoms with Crippen molar-refractivity contribution in [1.82, 2.24) is 10.2 Å². The number of ether oxygens (including phenoxy) is 2. The second-order valence-corrected chi connectivity index (χ2v) is 12.4. The average molecular weight is 634 g/mol. The van der Waals surface area contributed by atoms with Crippen LogP contribution in [0.15, 0.2) is 36.4 Å². The van der Waals surface area contributed by atoms with Crippen molar-refractivity contribution in [2.24, 2.45) is 11.7 Å². The molecule has 2 aliphatic heterocycles. The van der Waals surface area contributed by atoms with Gasteiger partial charge in [-0.1, -0.05) is 25.4 Å². The summed E-state index contributed by atoms with van der Waals surface area (Å²) in [7, 11) is 0. The Labute approximate surface area is 259 Å². The van der Waals surface area contributed by atoms with E-state index in [1.54, 1.807) is 41.3 Å². The molecule has 3 N–H and O–H groups in total. The number of nitrogens with two attached hydrogens (primary N) is 1. The van der Waals surface area contributed by atoms with E-state index in [0.29, 0.717) is 53.1 Å². The van der Waals surface area contributed by atoms with Crippen LogP contribution in [0.5, 0.6) is 0 Å². The van der Waals surface area contributed by atoms with Crippen LogP contribution in [-0.4, -0.2) is 86.2 Å². The summed E-state index contributed by atoms with van der Waals surface area (Å²) in [6.45, 7) is 5.21. The number of rotatable bonds is 13. The molecule has 12 nitrogen and oxygen atoms in total. The molecule has 2 aliphatic rings. The van der Waals surface area contributed by atoms with Crippen molar-refractivity contribution in [2.75, 3.05) is 49.2 Å². The highest BCUT2D eigenvalue weighted by molar-refractivity contribution is 7.18. The van der Waals surface area contributed by atoms with Crippen molar-refractivity contribution in [1.29, 1.82) is 0 Å². The van der Waals surface area contributed by atoms with Gasteiger partial charge >= 0.3 is 6.09 Å². The van der Waals surface area contributed by atoms with E-state index in [4.69, 9.17) is 26.8 Å². The molecule has 4 rings (SSSR count). The predicted octanol–water partition coefficient (Wildman–Crippen LogP) is 3.03. The fraction of sp³-hybridized carbons (Fsp3) is 0.483. The monoisotopic (exact) mass is 633 g/mol. The van der Waals surface area contributed by atoms with Gasteiger partial charge in [-0.3, -0.25) is 29.0 Å². The molecular weight excluding hydrogens is 598 g/mol. The molecule has 2 aromatic rings. The summed E-state index contributed by atoms with van der Waals surface area (Å²) in [6.07, 6.45) is -0.201. The Hall–Kier alpha value is -3.52. The van der Waals surface area contributed by atoms with Crippen LogP contribution >= 0.6 is 22.9 Å². The highest BCUT2D eigenvalue weighted by Gasteiger charge is 2.36. The molecule has 0 radical (unpaired) electrons. The third kappa shape index (κ3) is 8.31. The number of hydrogen-bond donors (Lipinski definition) is 2. The third-order valence-electron chi connectivity index (χ3n) is 7.20. The number of benzene rings is 1. The number of imide groups is 1. The van der Waals surface area contributed by atoms with E-state index in [1.807, 2.05) is 13.8 Å². The predicted molar refractivity (Wildman–Crippen MR) is 162 cm³/mol. The van der Waals surface area contributed by atoms with Gasteiger partial charge in [0.05, 0.1) is 35.0 Å². The van der Waals surface area contributed by atoms with E-state index < -0.39 is 36.0 Å². The molecule has 0 saturated carbocycles. The van der Waals surface area contributed by atoms with Crippen LogP contribution in [0.2, 0.25) is 4.34 Å². The van der Waals surface area contributed by atoms with Crippen molar-refractivity contribution in [3.05, 3.63) is 45.6 Å². The topological polar surface area (TPSA) is 152 Å². The summed E-state index contributed by atoms with van der Waals surface area (Å²) in [5.41, 5.74) is 6.70. The van der Waals surface area contributed by atoms with E-state index >= 15 is 0 Å². The molecule has 2 fully saturated rings. The molecule has 43 heavy (non-hydrogen) atoms. The van der Waals surface area contributed by atoms with Crippen LogP contribution in [0.25, 0.3) is 0 Å². The van der Waals surface area contributed by atoms with Gasteiger partial charge in [-0.05, 0) is 61.7 Å². The van der Waals surface area contributed by atoms with E-state index in [1.165, 1.54) is 4.90 Å². The molecule has 2 atom stereocenters. The number of cyclic esters (lactones) is 1. The molecule has 2 saturated heterocycles. The van der Waals surface area contributed by atoms with Gasteiger partial charge in [0.15, 0.2) is 0 Å². The largest absolute Gasteiger partial charge is 0.442 e. The maximum absolute atomic E-state index is 13.4. The van der Waals surface area contributed by atoms with Crippen LogP contribution < -0.4 is 20.9 Å². The SMILES string of the molecule is CC(C)[C@H](NCCCCC(=O)N(C[C@H]1CN(c2ccc(N3CCOCC3=O)cc2)C(=O)O1)C(=O)c1ccc(Cl)s1)C(N)=O. The normalized spacial score (nSPS) is 17.7. The lowest BCUT2D eigenvalue weighted by Crippen LogP contribution is -2.45. The molecule has 5 amide bonds. The van der Waals surface area contributed by atoms with E-state index in [0.717, 1.165) is 16.2 Å². The number of nitrogens with zero attached hydrogens (tertiary/aromatic N) is 3. The Kier molecular flexibility index (Phi) is 11.1. The number of halogens is 1. The van der Waals surface area contributed by atoms with Crippen molar-refractivity contribution >= 4 is 64.0 Å². The van der Waals surface area contributed by atoms with Crippen LogP contribution in [0.4, 0.5) is 16.2 Å². The number of primary amides is 1. The number of hydrogen-bond acceptors (Lipinski definition) is 9. The van der Waals surface area contributed by atoms with E-state index in [-0.39, 0.29) is 37.9 Å². The highest BCUT2D eigenvalue weighted by atomic mass is 35.5. The van der Waals surface area contributed by atoms with Crippen molar-refractivity contribution < 1.29 is 33.4 Å². The first kappa shape index (κ1) is 32.4. The zero-order valence-corrected chi connectivity index (χ0v) is 25.7. The molecule has 232 valence electrons. The fourth-order valence-electron chi connectivity index (χ4n) is 4.95. The summed E-state index contributed by atoms with van der Waals surface area (Å²) in [6, 6.07) is 9.63. The van der Waals surface area contributed by atoms with E-state index in [2.05, 4.69) is 5.32 Å². The zero-order valence-electron chi connectivity index (χ0n) is 24.1. The molecule has 1 aromatic carbocycles. The smallest absolute Gasteiger partial charge is 0.414 e. The Morgan fingerprint density at radius 1 is 1.09 bits per heavy atom. The van der Waals surface area contributed by atoms with Gasteiger partial charge in [0.1, 0.15) is 12.7 Å². The van der Waals surface area contributed by atoms with Gasteiger partial charge in [0, 0.05) is 24.3 Å². The van der Waals surface area contributed by atoms with Crippen LogP contribution in [0.1, 0.15) is 42.8 Å². The first-order valence-electron chi connectivity index (χ1n) is 14.1. The van der Waals surface area contributed by atoms with Gasteiger partial charge in [0.25, 0.3) is 11.8 Å². The summed E-state index contributed by atoms with van der Waals surface area (Å²) < 4.78 is 11.2. The van der Waals surface area contributed by atoms with E-state index in [9.17, 15) is 24.0 Å². The minimum atomic E-state index is -0.750. The number of carbonyl (C=O) groups is 5. The second-order valence-electron chi connectivity index (χ2n) is 10.7. The Bertz CT molecular complexity index is 1330. The van der Waals surface area contributed by atoms with Crippen molar-refractivity contribution in [3.8, 4) is 0 Å². The van der Waals surface area contributed by atoms with Crippen molar-refractivity contribution in [3.63, 3.8) is 0 Å². The van der Waals surface area contributed by atoms with Gasteiger partial charge in [-0.2, -0.15) is 0 Å². The number of thiophene rings is 1. The number of carbonyl (C=O) groups excluding carboxylic acids is 5. The lowest BCUT2D eigenvalue weighted by atomic mass is 10.0. The average Bonchev–Trinajstić information content (AvgIpc) is 3.58. The number of amides is 5. The maximum atomic E-state index is 13.4. The van der Waals surface area contributed by atoms with Gasteiger partial charge in [0.2, 0.25) is 11.8 Å². The maximum Gasteiger partial charge on any atom is 0.414 e. The molecule has 0 spiro atoms. The Morgan fingerprint density at radius 3 is 2.40 bits per heavy atom. The summed E-state index contributed by atoms with van der Waals surface area (Å²) in [5.74, 6) is -1.45. The molecule has 0 aliphatic carbocycles. The Balaban J connectivity index is 1.38. The zero-order chi connectivity index (χ0) is 31.1. The third-order valence-corrected chi connectivity index (χ3v) is 8.42. The minimum Gasteiger partial charge on any atom is -0.442 e. The standard InChI is InChI=1S/C29H36ClN5O7S/c1-18(2)26(27(31)38)32-12-4-3-5-24(36)35(28(39)22-10-11-23(30)43-22)16-21-15-34(29(40)42-21)20-8-6-19(7-9-20)33-13-14-41-17-25(33)37/h6-11,18,21,26,32H,3-5,12-17H2,1-2H3,(H2,31,38)/t21-,26+/m1/s1. The van der Waals surface area contributed by atoms with Crippen LogP contribution in [0.3, 0.4) is 0 Å². The number of morpholine rings is 1. The first-order chi connectivity index (χ1) is 20.5. The lowest BCUT2D eigenvalue weighted by molar-refractivity contribution is -0.129. The second kappa shape index (κ2) is 14.8. The van der Waals surface area contributed by atoms with Gasteiger partial charge in [-0.15, -0.1) is 11.3 Å². The van der Waals surface area contributed by atoms with Gasteiger partial charge in [-0.25, -0.2) is 4.79 Å².